The SMILES string of the molecule is CCCCCCC(C)OC(C)(C)C(=O)O. The minimum Gasteiger partial charge on any atom is -0.479 e. The van der Waals surface area contributed by atoms with E-state index in [2.05, 4.69) is 6.92 Å². The lowest BCUT2D eigenvalue weighted by molar-refractivity contribution is -0.167. The quantitative estimate of drug-likeness (QED) is 0.634. The third-order valence-corrected chi connectivity index (χ3v) is 2.48. The first-order chi connectivity index (χ1) is 6.90. The minimum atomic E-state index is -1.07. The fourth-order valence-electron chi connectivity index (χ4n) is 1.47. The molecule has 0 aromatic heterocycles. The summed E-state index contributed by atoms with van der Waals surface area (Å²) < 4.78 is 5.48. The molecule has 0 saturated carbocycles. The van der Waals surface area contributed by atoms with E-state index < -0.39 is 11.6 Å². The maximum Gasteiger partial charge on any atom is 0.335 e. The Morgan fingerprint density at radius 3 is 2.40 bits per heavy atom. The van der Waals surface area contributed by atoms with Crippen LogP contribution >= 0.6 is 0 Å². The number of rotatable bonds is 8. The molecule has 0 aliphatic carbocycles. The molecular formula is C12H24O3. The summed E-state index contributed by atoms with van der Waals surface area (Å²) in [6.07, 6.45) is 5.75. The van der Waals surface area contributed by atoms with E-state index in [0.717, 1.165) is 12.8 Å². The smallest absolute Gasteiger partial charge is 0.335 e. The number of unbranched alkanes of at least 4 members (excludes halogenated alkanes) is 3. The highest BCUT2D eigenvalue weighted by atomic mass is 16.5. The van der Waals surface area contributed by atoms with E-state index in [1.165, 1.54) is 19.3 Å². The Labute approximate surface area is 92.8 Å². The van der Waals surface area contributed by atoms with Gasteiger partial charge in [-0.1, -0.05) is 32.6 Å². The molecule has 1 N–H and O–H groups in total. The average Bonchev–Trinajstić information content (AvgIpc) is 2.11. The van der Waals surface area contributed by atoms with Gasteiger partial charge in [0.15, 0.2) is 5.60 Å². The van der Waals surface area contributed by atoms with E-state index >= 15 is 0 Å². The van der Waals surface area contributed by atoms with Crippen molar-refractivity contribution in [3.05, 3.63) is 0 Å². The van der Waals surface area contributed by atoms with Crippen LogP contribution in [0.3, 0.4) is 0 Å². The van der Waals surface area contributed by atoms with Crippen LogP contribution in [0.2, 0.25) is 0 Å². The molecule has 3 heteroatoms. The van der Waals surface area contributed by atoms with Crippen LogP contribution in [0.25, 0.3) is 0 Å². The van der Waals surface area contributed by atoms with Gasteiger partial charge in [-0.15, -0.1) is 0 Å². The molecule has 1 unspecified atom stereocenters. The number of hydrogen-bond donors (Lipinski definition) is 1. The van der Waals surface area contributed by atoms with Crippen molar-refractivity contribution in [3.63, 3.8) is 0 Å². The number of carbonyl (C=O) groups is 1. The maximum atomic E-state index is 10.8. The Morgan fingerprint density at radius 2 is 1.93 bits per heavy atom. The summed E-state index contributed by atoms with van der Waals surface area (Å²) in [6.45, 7) is 7.31. The largest absolute Gasteiger partial charge is 0.479 e. The topological polar surface area (TPSA) is 46.5 Å². The van der Waals surface area contributed by atoms with Crippen LogP contribution in [0.15, 0.2) is 0 Å². The van der Waals surface area contributed by atoms with Crippen LogP contribution in [-0.4, -0.2) is 22.8 Å². The van der Waals surface area contributed by atoms with Crippen LogP contribution in [0.4, 0.5) is 0 Å². The summed E-state index contributed by atoms with van der Waals surface area (Å²) in [7, 11) is 0. The second kappa shape index (κ2) is 6.83. The van der Waals surface area contributed by atoms with Crippen molar-refractivity contribution in [2.24, 2.45) is 0 Å². The average molecular weight is 216 g/mol. The molecule has 0 bridgehead atoms. The van der Waals surface area contributed by atoms with Gasteiger partial charge in [-0.25, -0.2) is 4.79 Å². The lowest BCUT2D eigenvalue weighted by atomic mass is 10.1. The van der Waals surface area contributed by atoms with Gasteiger partial charge in [0.1, 0.15) is 0 Å². The third-order valence-electron chi connectivity index (χ3n) is 2.48. The fraction of sp³-hybridized carbons (Fsp3) is 0.917. The van der Waals surface area contributed by atoms with E-state index in [4.69, 9.17) is 9.84 Å². The molecule has 0 rings (SSSR count). The zero-order chi connectivity index (χ0) is 11.9. The summed E-state index contributed by atoms with van der Waals surface area (Å²) in [5.41, 5.74) is -1.07. The van der Waals surface area contributed by atoms with Crippen molar-refractivity contribution >= 4 is 5.97 Å². The van der Waals surface area contributed by atoms with Crippen molar-refractivity contribution in [1.82, 2.24) is 0 Å². The van der Waals surface area contributed by atoms with E-state index in [1.807, 2.05) is 6.92 Å². The van der Waals surface area contributed by atoms with Gasteiger partial charge in [-0.05, 0) is 27.2 Å². The number of carboxylic acids is 1. The van der Waals surface area contributed by atoms with Crippen LogP contribution in [0.1, 0.15) is 59.8 Å². The summed E-state index contributed by atoms with van der Waals surface area (Å²) in [5, 5.41) is 8.87. The minimum absolute atomic E-state index is 0.0213. The summed E-state index contributed by atoms with van der Waals surface area (Å²) in [6, 6.07) is 0. The van der Waals surface area contributed by atoms with Gasteiger partial charge in [-0.2, -0.15) is 0 Å². The molecular weight excluding hydrogens is 192 g/mol. The monoisotopic (exact) mass is 216 g/mol. The molecule has 0 fully saturated rings. The molecule has 0 amide bonds. The van der Waals surface area contributed by atoms with Gasteiger partial charge in [0.25, 0.3) is 0 Å². The van der Waals surface area contributed by atoms with Crippen molar-refractivity contribution in [2.45, 2.75) is 71.5 Å². The van der Waals surface area contributed by atoms with Gasteiger partial charge >= 0.3 is 5.97 Å². The molecule has 0 saturated heterocycles. The standard InChI is InChI=1S/C12H24O3/c1-5-6-7-8-9-10(2)15-12(3,4)11(13)14/h10H,5-9H2,1-4H3,(H,13,14). The van der Waals surface area contributed by atoms with Gasteiger partial charge in [0.2, 0.25) is 0 Å². The van der Waals surface area contributed by atoms with E-state index in [9.17, 15) is 4.79 Å². The van der Waals surface area contributed by atoms with Crippen molar-refractivity contribution < 1.29 is 14.6 Å². The second-order valence-electron chi connectivity index (χ2n) is 4.59. The Hall–Kier alpha value is -0.570. The highest BCUT2D eigenvalue weighted by molar-refractivity contribution is 5.76. The Kier molecular flexibility index (Phi) is 6.57. The summed E-state index contributed by atoms with van der Waals surface area (Å²) in [4.78, 5) is 10.8. The van der Waals surface area contributed by atoms with Crippen LogP contribution < -0.4 is 0 Å². The molecule has 15 heavy (non-hydrogen) atoms. The molecule has 0 aliphatic rings. The Balaban J connectivity index is 3.73. The van der Waals surface area contributed by atoms with Crippen LogP contribution in [-0.2, 0) is 9.53 Å². The molecule has 90 valence electrons. The first kappa shape index (κ1) is 14.4. The lowest BCUT2D eigenvalue weighted by Crippen LogP contribution is -2.37. The highest BCUT2D eigenvalue weighted by Gasteiger charge is 2.29. The van der Waals surface area contributed by atoms with E-state index in [1.54, 1.807) is 13.8 Å². The number of ether oxygens (including phenoxy) is 1. The van der Waals surface area contributed by atoms with Gasteiger partial charge in [0, 0.05) is 0 Å². The predicted molar refractivity (Wildman–Crippen MR) is 61.0 cm³/mol. The molecule has 0 aromatic carbocycles. The van der Waals surface area contributed by atoms with Crippen molar-refractivity contribution in [2.75, 3.05) is 0 Å². The first-order valence-corrected chi connectivity index (χ1v) is 5.81. The zero-order valence-corrected chi connectivity index (χ0v) is 10.4. The second-order valence-corrected chi connectivity index (χ2v) is 4.59. The normalized spacial score (nSPS) is 13.9. The number of aliphatic carboxylic acids is 1. The summed E-state index contributed by atoms with van der Waals surface area (Å²) in [5.74, 6) is -0.900. The van der Waals surface area contributed by atoms with E-state index in [-0.39, 0.29) is 6.10 Å². The Bertz CT molecular complexity index is 187. The van der Waals surface area contributed by atoms with Crippen LogP contribution in [0, 0.1) is 0 Å². The van der Waals surface area contributed by atoms with Gasteiger partial charge in [0.05, 0.1) is 6.10 Å². The third kappa shape index (κ3) is 6.50. The lowest BCUT2D eigenvalue weighted by Gasteiger charge is -2.25. The summed E-state index contributed by atoms with van der Waals surface area (Å²) >= 11 is 0. The van der Waals surface area contributed by atoms with Crippen molar-refractivity contribution in [3.8, 4) is 0 Å². The van der Waals surface area contributed by atoms with Crippen molar-refractivity contribution in [1.29, 1.82) is 0 Å². The highest BCUT2D eigenvalue weighted by Crippen LogP contribution is 2.16. The van der Waals surface area contributed by atoms with Gasteiger partial charge < -0.3 is 9.84 Å². The molecule has 0 heterocycles. The van der Waals surface area contributed by atoms with Gasteiger partial charge in [-0.3, -0.25) is 0 Å². The molecule has 1 atom stereocenters. The number of carboxylic acid groups (broad SMARTS) is 1. The Morgan fingerprint density at radius 1 is 1.33 bits per heavy atom. The van der Waals surface area contributed by atoms with E-state index in [0.29, 0.717) is 0 Å². The molecule has 0 aromatic rings. The maximum absolute atomic E-state index is 10.8. The first-order valence-electron chi connectivity index (χ1n) is 5.81. The number of hydrogen-bond acceptors (Lipinski definition) is 2. The molecule has 3 nitrogen and oxygen atoms in total. The molecule has 0 radical (unpaired) electrons. The molecule has 0 aliphatic heterocycles. The predicted octanol–water partition coefficient (Wildman–Crippen LogP) is 3.23. The fourth-order valence-corrected chi connectivity index (χ4v) is 1.47. The molecule has 0 spiro atoms. The van der Waals surface area contributed by atoms with Crippen LogP contribution in [0.5, 0.6) is 0 Å². The zero-order valence-electron chi connectivity index (χ0n) is 10.4.